The Kier molecular flexibility index (Phi) is 6.26. The van der Waals surface area contributed by atoms with E-state index in [1.807, 2.05) is 0 Å². The number of hydrogen-bond donors (Lipinski definition) is 3. The van der Waals surface area contributed by atoms with Crippen molar-refractivity contribution in [2.45, 2.75) is 4.90 Å². The summed E-state index contributed by atoms with van der Waals surface area (Å²) in [6.07, 6.45) is 0. The van der Waals surface area contributed by atoms with Gasteiger partial charge in [-0.15, -0.1) is 0 Å². The molecule has 0 spiro atoms. The van der Waals surface area contributed by atoms with Crippen molar-refractivity contribution in [1.29, 1.82) is 0 Å². The highest BCUT2D eigenvalue weighted by molar-refractivity contribution is 9.10. The van der Waals surface area contributed by atoms with Crippen LogP contribution in [0.4, 0.5) is 5.69 Å². The summed E-state index contributed by atoms with van der Waals surface area (Å²) >= 11 is 8.86. The summed E-state index contributed by atoms with van der Waals surface area (Å²) in [7, 11) is -3.93. The minimum Gasteiger partial charge on any atom is -0.444 e. The largest absolute Gasteiger partial charge is 0.444 e. The van der Waals surface area contributed by atoms with E-state index in [-0.39, 0.29) is 16.2 Å². The van der Waals surface area contributed by atoms with Crippen molar-refractivity contribution in [3.63, 3.8) is 0 Å². The first kappa shape index (κ1) is 20.9. The molecule has 3 rings (SSSR count). The Labute approximate surface area is 179 Å². The highest BCUT2D eigenvalue weighted by atomic mass is 79.9. The molecule has 0 aliphatic rings. The maximum Gasteiger partial charge on any atom is 0.305 e. The van der Waals surface area contributed by atoms with Crippen molar-refractivity contribution < 1.29 is 22.4 Å². The predicted molar refractivity (Wildman–Crippen MR) is 110 cm³/mol. The summed E-state index contributed by atoms with van der Waals surface area (Å²) in [4.78, 5) is 24.0. The highest BCUT2D eigenvalue weighted by Crippen LogP contribution is 2.19. The third kappa shape index (κ3) is 5.37. The molecule has 150 valence electrons. The van der Waals surface area contributed by atoms with Gasteiger partial charge in [-0.25, -0.2) is 8.42 Å². The molecule has 29 heavy (non-hydrogen) atoms. The molecule has 11 heteroatoms. The maximum atomic E-state index is 12.6. The molecule has 0 bridgehead atoms. The average Bonchev–Trinajstić information content (AvgIpc) is 3.14. The number of sulfonamides is 1. The number of hydrogen-bond acceptors (Lipinski definition) is 5. The van der Waals surface area contributed by atoms with E-state index in [0.717, 1.165) is 0 Å². The molecule has 3 aromatic rings. The van der Waals surface area contributed by atoms with Gasteiger partial charge in [-0.1, -0.05) is 17.7 Å². The Bertz CT molecular complexity index is 1160. The predicted octanol–water partition coefficient (Wildman–Crippen LogP) is 3.57. The zero-order valence-corrected chi connectivity index (χ0v) is 17.6. The van der Waals surface area contributed by atoms with Crippen LogP contribution in [-0.2, 0) is 10.0 Å². The van der Waals surface area contributed by atoms with Crippen molar-refractivity contribution in [2.24, 2.45) is 0 Å². The lowest BCUT2D eigenvalue weighted by Crippen LogP contribution is -2.41. The average molecular weight is 499 g/mol. The highest BCUT2D eigenvalue weighted by Gasteiger charge is 2.17. The first-order valence-corrected chi connectivity index (χ1v) is 10.6. The van der Waals surface area contributed by atoms with Gasteiger partial charge in [-0.05, 0) is 70.5 Å². The van der Waals surface area contributed by atoms with Crippen LogP contribution in [0.25, 0.3) is 0 Å². The first-order valence-electron chi connectivity index (χ1n) is 7.99. The van der Waals surface area contributed by atoms with Gasteiger partial charge in [-0.3, -0.25) is 25.2 Å². The number of carbonyl (C=O) groups excluding carboxylic acids is 2. The SMILES string of the molecule is O=C(NNC(=O)c1ccc(Br)o1)c1cccc(S(=O)(=O)Nc2ccc(Cl)cc2)c1. The van der Waals surface area contributed by atoms with Gasteiger partial charge in [0.25, 0.3) is 15.9 Å². The lowest BCUT2D eigenvalue weighted by molar-refractivity contribution is 0.0830. The summed E-state index contributed by atoms with van der Waals surface area (Å²) in [6, 6.07) is 14.4. The zero-order valence-electron chi connectivity index (χ0n) is 14.5. The van der Waals surface area contributed by atoms with E-state index in [9.17, 15) is 18.0 Å². The molecule has 0 atom stereocenters. The summed E-state index contributed by atoms with van der Waals surface area (Å²) < 4.78 is 32.9. The van der Waals surface area contributed by atoms with Gasteiger partial charge in [0.1, 0.15) is 0 Å². The molecule has 3 N–H and O–H groups in total. The van der Waals surface area contributed by atoms with Gasteiger partial charge >= 0.3 is 5.91 Å². The number of furan rings is 1. The molecule has 2 aromatic carbocycles. The standard InChI is InChI=1S/C18H13BrClN3O5S/c19-16-9-8-15(28-16)18(25)22-21-17(24)11-2-1-3-14(10-11)29(26,27)23-13-6-4-12(20)5-7-13/h1-10,23H,(H,21,24)(H,22,25). The second-order valence-electron chi connectivity index (χ2n) is 5.65. The molecule has 0 unspecified atom stereocenters. The van der Waals surface area contributed by atoms with Crippen LogP contribution in [0.2, 0.25) is 5.02 Å². The molecule has 0 saturated carbocycles. The lowest BCUT2D eigenvalue weighted by Gasteiger charge is -2.10. The molecule has 2 amide bonds. The number of hydrazine groups is 1. The maximum absolute atomic E-state index is 12.6. The Morgan fingerprint density at radius 2 is 1.62 bits per heavy atom. The van der Waals surface area contributed by atoms with Gasteiger partial charge in [0, 0.05) is 16.3 Å². The second-order valence-corrected chi connectivity index (χ2v) is 8.55. The molecular weight excluding hydrogens is 486 g/mol. The number of nitrogens with one attached hydrogen (secondary N) is 3. The smallest absolute Gasteiger partial charge is 0.305 e. The summed E-state index contributed by atoms with van der Waals surface area (Å²) in [5.74, 6) is -1.38. The Morgan fingerprint density at radius 1 is 0.931 bits per heavy atom. The minimum absolute atomic E-state index is 0.0133. The fourth-order valence-corrected chi connectivity index (χ4v) is 3.76. The quantitative estimate of drug-likeness (QED) is 0.465. The van der Waals surface area contributed by atoms with Crippen LogP contribution >= 0.6 is 27.5 Å². The van der Waals surface area contributed by atoms with Crippen molar-refractivity contribution in [2.75, 3.05) is 4.72 Å². The van der Waals surface area contributed by atoms with Crippen molar-refractivity contribution in [3.8, 4) is 0 Å². The molecule has 0 saturated heterocycles. The molecule has 0 aliphatic heterocycles. The van der Waals surface area contributed by atoms with Crippen LogP contribution in [0, 0.1) is 0 Å². The third-order valence-corrected chi connectivity index (χ3v) is 5.65. The Hall–Kier alpha value is -2.82. The molecule has 0 radical (unpaired) electrons. The summed E-state index contributed by atoms with van der Waals surface area (Å²) in [6.45, 7) is 0. The molecular formula is C18H13BrClN3O5S. The summed E-state index contributed by atoms with van der Waals surface area (Å²) in [5, 5.41) is 0.468. The number of benzene rings is 2. The molecule has 8 nitrogen and oxygen atoms in total. The van der Waals surface area contributed by atoms with Gasteiger partial charge in [0.2, 0.25) is 0 Å². The van der Waals surface area contributed by atoms with E-state index in [2.05, 4.69) is 31.5 Å². The van der Waals surface area contributed by atoms with Crippen LogP contribution < -0.4 is 15.6 Å². The van der Waals surface area contributed by atoms with Crippen LogP contribution in [0.3, 0.4) is 0 Å². The van der Waals surface area contributed by atoms with Crippen molar-refractivity contribution in [3.05, 3.63) is 81.7 Å². The van der Waals surface area contributed by atoms with Gasteiger partial charge < -0.3 is 4.42 Å². The van der Waals surface area contributed by atoms with Gasteiger partial charge in [-0.2, -0.15) is 0 Å². The lowest BCUT2D eigenvalue weighted by atomic mass is 10.2. The molecule has 1 heterocycles. The van der Waals surface area contributed by atoms with E-state index < -0.39 is 21.8 Å². The number of rotatable bonds is 5. The van der Waals surface area contributed by atoms with Crippen LogP contribution in [0.1, 0.15) is 20.9 Å². The number of carbonyl (C=O) groups is 2. The number of amides is 2. The van der Waals surface area contributed by atoms with E-state index in [1.54, 1.807) is 12.1 Å². The fraction of sp³-hybridized carbons (Fsp3) is 0. The van der Waals surface area contributed by atoms with Crippen LogP contribution in [0.15, 0.2) is 74.6 Å². The van der Waals surface area contributed by atoms with Gasteiger partial charge in [0.15, 0.2) is 10.4 Å². The fourth-order valence-electron chi connectivity index (χ4n) is 2.22. The van der Waals surface area contributed by atoms with Crippen LogP contribution in [0.5, 0.6) is 0 Å². The number of halogens is 2. The normalized spacial score (nSPS) is 11.0. The first-order chi connectivity index (χ1) is 13.7. The van der Waals surface area contributed by atoms with E-state index in [4.69, 9.17) is 16.0 Å². The van der Waals surface area contributed by atoms with E-state index in [1.165, 1.54) is 48.5 Å². The molecule has 0 fully saturated rings. The number of anilines is 1. The van der Waals surface area contributed by atoms with E-state index in [0.29, 0.717) is 15.4 Å². The van der Waals surface area contributed by atoms with E-state index >= 15 is 0 Å². The van der Waals surface area contributed by atoms with Gasteiger partial charge in [0.05, 0.1) is 4.90 Å². The van der Waals surface area contributed by atoms with Crippen molar-refractivity contribution >= 4 is 55.1 Å². The molecule has 0 aliphatic carbocycles. The van der Waals surface area contributed by atoms with Crippen LogP contribution in [-0.4, -0.2) is 20.2 Å². The third-order valence-electron chi connectivity index (χ3n) is 3.59. The minimum atomic E-state index is -3.93. The summed E-state index contributed by atoms with van der Waals surface area (Å²) in [5.41, 5.74) is 4.73. The Morgan fingerprint density at radius 3 is 2.28 bits per heavy atom. The topological polar surface area (TPSA) is 118 Å². The second kappa shape index (κ2) is 8.68. The zero-order chi connectivity index (χ0) is 21.0. The van der Waals surface area contributed by atoms with Crippen molar-refractivity contribution in [1.82, 2.24) is 10.9 Å². The molecule has 1 aromatic heterocycles. The Balaban J connectivity index is 1.70. The monoisotopic (exact) mass is 497 g/mol.